The molecule has 0 aliphatic rings. The molecule has 0 bridgehead atoms. The van der Waals surface area contributed by atoms with Gasteiger partial charge in [0.25, 0.3) is 0 Å². The molecule has 17 heavy (non-hydrogen) atoms. The number of carboxylic acid groups (broad SMARTS) is 1. The lowest BCUT2D eigenvalue weighted by molar-refractivity contribution is -0.133. The first-order valence-corrected chi connectivity index (χ1v) is 5.35. The van der Waals surface area contributed by atoms with Crippen LogP contribution in [0.1, 0.15) is 27.2 Å². The van der Waals surface area contributed by atoms with Gasteiger partial charge in [0.2, 0.25) is 11.8 Å². The van der Waals surface area contributed by atoms with Gasteiger partial charge in [0.15, 0.2) is 0 Å². The first kappa shape index (κ1) is 15.2. The maximum atomic E-state index is 11.5. The minimum Gasteiger partial charge on any atom is -0.478 e. The van der Waals surface area contributed by atoms with Crippen molar-refractivity contribution in [1.29, 1.82) is 0 Å². The third-order valence-corrected chi connectivity index (χ3v) is 2.24. The lowest BCUT2D eigenvalue weighted by Gasteiger charge is -2.06. The van der Waals surface area contributed by atoms with Gasteiger partial charge in [0, 0.05) is 30.7 Å². The molecule has 0 atom stereocenters. The summed E-state index contributed by atoms with van der Waals surface area (Å²) >= 11 is 0. The van der Waals surface area contributed by atoms with Crippen molar-refractivity contribution in [2.75, 3.05) is 13.1 Å². The van der Waals surface area contributed by atoms with Crippen LogP contribution < -0.4 is 10.6 Å². The van der Waals surface area contributed by atoms with Gasteiger partial charge in [0.05, 0.1) is 0 Å². The van der Waals surface area contributed by atoms with Crippen molar-refractivity contribution in [2.24, 2.45) is 0 Å². The molecule has 0 spiro atoms. The fourth-order valence-corrected chi connectivity index (χ4v) is 1.04. The van der Waals surface area contributed by atoms with Crippen molar-refractivity contribution in [3.8, 4) is 0 Å². The highest BCUT2D eigenvalue weighted by molar-refractivity contribution is 6.01. The molecule has 0 aromatic carbocycles. The zero-order valence-corrected chi connectivity index (χ0v) is 10.3. The van der Waals surface area contributed by atoms with Crippen molar-refractivity contribution >= 4 is 17.8 Å². The zero-order chi connectivity index (χ0) is 13.4. The molecule has 96 valence electrons. The monoisotopic (exact) mass is 242 g/mol. The van der Waals surface area contributed by atoms with Gasteiger partial charge in [-0.3, -0.25) is 9.59 Å². The van der Waals surface area contributed by atoms with Gasteiger partial charge in [0.1, 0.15) is 0 Å². The predicted octanol–water partition coefficient (Wildman–Crippen LogP) is 0.0498. The fourth-order valence-electron chi connectivity index (χ4n) is 1.04. The Labute approximate surface area is 100 Å². The summed E-state index contributed by atoms with van der Waals surface area (Å²) in [5.74, 6) is -1.74. The quantitative estimate of drug-likeness (QED) is 0.573. The topological polar surface area (TPSA) is 95.5 Å². The zero-order valence-electron chi connectivity index (χ0n) is 10.3. The van der Waals surface area contributed by atoms with Crippen LogP contribution in [0.3, 0.4) is 0 Å². The number of carboxylic acids is 1. The van der Waals surface area contributed by atoms with Crippen molar-refractivity contribution in [3.63, 3.8) is 0 Å². The van der Waals surface area contributed by atoms with Crippen molar-refractivity contribution < 1.29 is 19.5 Å². The van der Waals surface area contributed by atoms with Crippen LogP contribution in [-0.2, 0) is 14.4 Å². The Hall–Kier alpha value is -1.85. The Balaban J connectivity index is 4.16. The molecule has 0 saturated heterocycles. The van der Waals surface area contributed by atoms with Crippen LogP contribution in [0.15, 0.2) is 11.1 Å². The summed E-state index contributed by atoms with van der Waals surface area (Å²) in [4.78, 5) is 33.1. The van der Waals surface area contributed by atoms with Gasteiger partial charge in [-0.05, 0) is 20.8 Å². The Morgan fingerprint density at radius 3 is 2.12 bits per heavy atom. The van der Waals surface area contributed by atoms with Gasteiger partial charge in [-0.2, -0.15) is 0 Å². The van der Waals surface area contributed by atoms with E-state index in [0.717, 1.165) is 0 Å². The minimum atomic E-state index is -1.12. The lowest BCUT2D eigenvalue weighted by atomic mass is 10.1. The number of amides is 2. The molecular formula is C11H18N2O4. The van der Waals surface area contributed by atoms with E-state index >= 15 is 0 Å². The molecular weight excluding hydrogens is 224 g/mol. The third-order valence-electron chi connectivity index (χ3n) is 2.24. The Bertz CT molecular complexity index is 347. The van der Waals surface area contributed by atoms with E-state index in [1.807, 2.05) is 0 Å². The summed E-state index contributed by atoms with van der Waals surface area (Å²) in [6.07, 6.45) is 0.180. The molecule has 0 saturated carbocycles. The molecule has 6 heteroatoms. The molecule has 2 amide bonds. The molecule has 0 aliphatic heterocycles. The third kappa shape index (κ3) is 5.70. The van der Waals surface area contributed by atoms with Crippen LogP contribution in [-0.4, -0.2) is 36.0 Å². The summed E-state index contributed by atoms with van der Waals surface area (Å²) in [5.41, 5.74) is 0.147. The molecule has 3 N–H and O–H groups in total. The number of aliphatic carboxylic acids is 1. The van der Waals surface area contributed by atoms with E-state index in [2.05, 4.69) is 10.6 Å². The van der Waals surface area contributed by atoms with Crippen LogP contribution >= 0.6 is 0 Å². The molecule has 0 unspecified atom stereocenters. The maximum absolute atomic E-state index is 11.5. The van der Waals surface area contributed by atoms with Crippen LogP contribution in [0, 0.1) is 0 Å². The van der Waals surface area contributed by atoms with Crippen LogP contribution in [0.25, 0.3) is 0 Å². The molecule has 0 heterocycles. The highest BCUT2D eigenvalue weighted by Gasteiger charge is 2.12. The average Bonchev–Trinajstić information content (AvgIpc) is 2.27. The van der Waals surface area contributed by atoms with E-state index in [9.17, 15) is 14.4 Å². The average molecular weight is 242 g/mol. The maximum Gasteiger partial charge on any atom is 0.331 e. The van der Waals surface area contributed by atoms with Gasteiger partial charge >= 0.3 is 5.97 Å². The van der Waals surface area contributed by atoms with Crippen molar-refractivity contribution in [1.82, 2.24) is 10.6 Å². The Morgan fingerprint density at radius 1 is 1.06 bits per heavy atom. The predicted molar refractivity (Wildman–Crippen MR) is 62.3 cm³/mol. The van der Waals surface area contributed by atoms with E-state index in [1.165, 1.54) is 13.8 Å². The van der Waals surface area contributed by atoms with Crippen molar-refractivity contribution in [3.05, 3.63) is 11.1 Å². The lowest BCUT2D eigenvalue weighted by Crippen LogP contribution is -2.31. The molecule has 0 aromatic rings. The van der Waals surface area contributed by atoms with Gasteiger partial charge in [-0.15, -0.1) is 0 Å². The minimum absolute atomic E-state index is 0.000472. The summed E-state index contributed by atoms with van der Waals surface area (Å²) in [5, 5.41) is 13.8. The van der Waals surface area contributed by atoms with Crippen LogP contribution in [0.2, 0.25) is 0 Å². The number of nitrogens with one attached hydrogen (secondary N) is 2. The fraction of sp³-hybridized carbons (Fsp3) is 0.545. The largest absolute Gasteiger partial charge is 0.478 e. The van der Waals surface area contributed by atoms with E-state index in [-0.39, 0.29) is 30.0 Å². The molecule has 6 nitrogen and oxygen atoms in total. The Kier molecular flexibility index (Phi) is 6.62. The van der Waals surface area contributed by atoms with E-state index in [4.69, 9.17) is 5.11 Å². The summed E-state index contributed by atoms with van der Waals surface area (Å²) < 4.78 is 0. The Morgan fingerprint density at radius 2 is 1.65 bits per heavy atom. The van der Waals surface area contributed by atoms with E-state index in [0.29, 0.717) is 6.54 Å². The summed E-state index contributed by atoms with van der Waals surface area (Å²) in [6, 6.07) is 0. The second kappa shape index (κ2) is 7.43. The number of carbonyl (C=O) groups excluding carboxylic acids is 2. The van der Waals surface area contributed by atoms with Gasteiger partial charge < -0.3 is 15.7 Å². The van der Waals surface area contributed by atoms with Crippen LogP contribution in [0.5, 0.6) is 0 Å². The van der Waals surface area contributed by atoms with Crippen molar-refractivity contribution in [2.45, 2.75) is 27.2 Å². The SMILES string of the molecule is CCNC(=O)CCNC(=O)C(C)=C(C)C(=O)O. The summed E-state index contributed by atoms with van der Waals surface area (Å²) in [6.45, 7) is 5.34. The number of hydrogen-bond acceptors (Lipinski definition) is 3. The van der Waals surface area contributed by atoms with Gasteiger partial charge in [-0.25, -0.2) is 4.79 Å². The van der Waals surface area contributed by atoms with E-state index in [1.54, 1.807) is 6.92 Å². The molecule has 0 aromatic heterocycles. The van der Waals surface area contributed by atoms with Crippen LogP contribution in [0.4, 0.5) is 0 Å². The highest BCUT2D eigenvalue weighted by Crippen LogP contribution is 2.03. The first-order valence-electron chi connectivity index (χ1n) is 5.35. The van der Waals surface area contributed by atoms with E-state index < -0.39 is 11.9 Å². The molecule has 0 aliphatic carbocycles. The highest BCUT2D eigenvalue weighted by atomic mass is 16.4. The van der Waals surface area contributed by atoms with Gasteiger partial charge in [-0.1, -0.05) is 0 Å². The molecule has 0 fully saturated rings. The first-order chi connectivity index (χ1) is 7.90. The smallest absolute Gasteiger partial charge is 0.331 e. The summed E-state index contributed by atoms with van der Waals surface area (Å²) in [7, 11) is 0. The molecule has 0 rings (SSSR count). The molecule has 0 radical (unpaired) electrons. The standard InChI is InChI=1S/C11H18N2O4/c1-4-12-9(14)5-6-13-10(15)7(2)8(3)11(16)17/h4-6H2,1-3H3,(H,12,14)(H,13,15)(H,16,17). The number of carbonyl (C=O) groups is 3. The second-order valence-corrected chi connectivity index (χ2v) is 3.51. The number of hydrogen-bond donors (Lipinski definition) is 3. The second-order valence-electron chi connectivity index (χ2n) is 3.51. The normalized spacial score (nSPS) is 11.5. The number of rotatable bonds is 6.